The van der Waals surface area contributed by atoms with E-state index in [-0.39, 0.29) is 12.0 Å². The summed E-state index contributed by atoms with van der Waals surface area (Å²) in [5.41, 5.74) is 1.82. The topological polar surface area (TPSA) is 58.4 Å². The summed E-state index contributed by atoms with van der Waals surface area (Å²) in [5, 5.41) is 14.3. The van der Waals surface area contributed by atoms with Crippen molar-refractivity contribution in [1.29, 1.82) is 0 Å². The fourth-order valence-electron chi connectivity index (χ4n) is 3.64. The summed E-state index contributed by atoms with van der Waals surface area (Å²) in [6.07, 6.45) is 2.85. The van der Waals surface area contributed by atoms with Crippen LogP contribution in [0.1, 0.15) is 30.7 Å². The molecule has 0 spiro atoms. The molecule has 0 aliphatic carbocycles. The quantitative estimate of drug-likeness (QED) is 0.919. The molecule has 2 fully saturated rings. The fraction of sp³-hybridized carbons (Fsp3) is 0.692. The minimum Gasteiger partial charge on any atom is -0.481 e. The van der Waals surface area contributed by atoms with Gasteiger partial charge in [0.25, 0.3) is 0 Å². The van der Waals surface area contributed by atoms with Crippen molar-refractivity contribution in [2.24, 2.45) is 13.0 Å². The number of aromatic nitrogens is 2. The van der Waals surface area contributed by atoms with Crippen molar-refractivity contribution >= 4 is 17.6 Å². The van der Waals surface area contributed by atoms with Crippen molar-refractivity contribution in [2.75, 3.05) is 0 Å². The van der Waals surface area contributed by atoms with Crippen LogP contribution < -0.4 is 0 Å². The third kappa shape index (κ3) is 1.96. The van der Waals surface area contributed by atoms with Crippen LogP contribution >= 0.6 is 11.6 Å². The van der Waals surface area contributed by atoms with Gasteiger partial charge in [0.05, 0.1) is 22.3 Å². The molecule has 19 heavy (non-hydrogen) atoms. The summed E-state index contributed by atoms with van der Waals surface area (Å²) in [6, 6.07) is 0.547. The summed E-state index contributed by atoms with van der Waals surface area (Å²) < 4.78 is 1.81. The van der Waals surface area contributed by atoms with E-state index in [1.54, 1.807) is 0 Å². The van der Waals surface area contributed by atoms with E-state index < -0.39 is 5.97 Å². The van der Waals surface area contributed by atoms with Gasteiger partial charge < -0.3 is 5.11 Å². The van der Waals surface area contributed by atoms with E-state index in [1.807, 2.05) is 18.7 Å². The van der Waals surface area contributed by atoms with Gasteiger partial charge in [-0.25, -0.2) is 0 Å². The van der Waals surface area contributed by atoms with Gasteiger partial charge in [-0.2, -0.15) is 5.10 Å². The van der Waals surface area contributed by atoms with Gasteiger partial charge in [0.1, 0.15) is 0 Å². The van der Waals surface area contributed by atoms with Crippen LogP contribution in [0.25, 0.3) is 0 Å². The molecule has 3 rings (SSSR count). The molecule has 5 nitrogen and oxygen atoms in total. The van der Waals surface area contributed by atoms with E-state index in [4.69, 9.17) is 11.6 Å². The number of hydrogen-bond donors (Lipinski definition) is 1. The molecule has 0 aromatic carbocycles. The van der Waals surface area contributed by atoms with E-state index in [1.165, 1.54) is 0 Å². The lowest BCUT2D eigenvalue weighted by Crippen LogP contribution is -2.33. The molecular weight excluding hydrogens is 266 g/mol. The highest BCUT2D eigenvalue weighted by Crippen LogP contribution is 2.43. The van der Waals surface area contributed by atoms with Crippen molar-refractivity contribution in [1.82, 2.24) is 14.7 Å². The van der Waals surface area contributed by atoms with Gasteiger partial charge >= 0.3 is 5.97 Å². The third-order valence-corrected chi connectivity index (χ3v) is 5.08. The molecule has 0 saturated carbocycles. The Hall–Kier alpha value is -1.07. The maximum Gasteiger partial charge on any atom is 0.308 e. The first-order chi connectivity index (χ1) is 8.99. The van der Waals surface area contributed by atoms with E-state index in [0.717, 1.165) is 30.7 Å². The molecule has 0 amide bonds. The Kier molecular flexibility index (Phi) is 3.06. The number of fused-ring (bicyclic) bond motifs is 2. The van der Waals surface area contributed by atoms with Crippen LogP contribution in [0.3, 0.4) is 0 Å². The van der Waals surface area contributed by atoms with Gasteiger partial charge in [0.15, 0.2) is 0 Å². The normalized spacial score (nSPS) is 30.2. The van der Waals surface area contributed by atoms with Gasteiger partial charge in [-0.05, 0) is 26.2 Å². The first kappa shape index (κ1) is 12.9. The predicted molar refractivity (Wildman–Crippen MR) is 71.1 cm³/mol. The van der Waals surface area contributed by atoms with Crippen LogP contribution in [0, 0.1) is 12.8 Å². The van der Waals surface area contributed by atoms with Crippen LogP contribution in [-0.4, -0.2) is 37.8 Å². The molecule has 2 bridgehead atoms. The molecule has 1 aromatic heterocycles. The van der Waals surface area contributed by atoms with Gasteiger partial charge in [0, 0.05) is 25.7 Å². The number of halogens is 1. The molecular formula is C13H18ClN3O2. The van der Waals surface area contributed by atoms with E-state index in [2.05, 4.69) is 10.00 Å². The number of nitrogens with zero attached hydrogens (tertiary/aromatic N) is 3. The number of aliphatic carboxylic acids is 1. The lowest BCUT2D eigenvalue weighted by atomic mass is 9.89. The van der Waals surface area contributed by atoms with Crippen LogP contribution in [-0.2, 0) is 18.4 Å². The van der Waals surface area contributed by atoms with E-state index in [0.29, 0.717) is 17.6 Å². The molecule has 6 heteroatoms. The van der Waals surface area contributed by atoms with Crippen molar-refractivity contribution in [3.63, 3.8) is 0 Å². The molecule has 1 N–H and O–H groups in total. The van der Waals surface area contributed by atoms with Gasteiger partial charge in [-0.3, -0.25) is 14.4 Å². The second kappa shape index (κ2) is 4.49. The Morgan fingerprint density at radius 2 is 2.26 bits per heavy atom. The summed E-state index contributed by atoms with van der Waals surface area (Å²) >= 11 is 6.28. The minimum absolute atomic E-state index is 0.161. The number of rotatable bonds is 3. The zero-order valence-electron chi connectivity index (χ0n) is 11.1. The highest BCUT2D eigenvalue weighted by atomic mass is 35.5. The molecule has 104 valence electrons. The lowest BCUT2D eigenvalue weighted by Gasteiger charge is -2.22. The molecule has 2 saturated heterocycles. The monoisotopic (exact) mass is 283 g/mol. The lowest BCUT2D eigenvalue weighted by molar-refractivity contribution is -0.142. The zero-order chi connectivity index (χ0) is 13.7. The zero-order valence-corrected chi connectivity index (χ0v) is 11.9. The van der Waals surface area contributed by atoms with Gasteiger partial charge in [-0.15, -0.1) is 0 Å². The fourth-order valence-corrected chi connectivity index (χ4v) is 3.86. The summed E-state index contributed by atoms with van der Waals surface area (Å²) in [7, 11) is 1.89. The standard InChI is InChI=1S/C13H18ClN3O2/c1-7-12(14)11(16(2)15-7)6-17-8-3-4-10(17)9(5-8)13(18)19/h8-10H,3-6H2,1-2H3,(H,18,19). The summed E-state index contributed by atoms with van der Waals surface area (Å²) in [4.78, 5) is 13.6. The highest BCUT2D eigenvalue weighted by Gasteiger charge is 2.49. The Labute approximate surface area is 117 Å². The SMILES string of the molecule is Cc1nn(C)c(CN2C3CCC2C(C(=O)O)C3)c1Cl. The first-order valence-electron chi connectivity index (χ1n) is 6.65. The summed E-state index contributed by atoms with van der Waals surface area (Å²) in [6.45, 7) is 2.60. The number of aryl methyl sites for hydroxylation is 2. The third-order valence-electron chi connectivity index (χ3n) is 4.59. The highest BCUT2D eigenvalue weighted by molar-refractivity contribution is 6.31. The Bertz CT molecular complexity index is 528. The number of carbonyl (C=O) groups is 1. The average Bonchev–Trinajstić information content (AvgIpc) is 2.97. The Morgan fingerprint density at radius 1 is 1.53 bits per heavy atom. The molecule has 2 aliphatic heterocycles. The maximum absolute atomic E-state index is 11.3. The van der Waals surface area contributed by atoms with Crippen molar-refractivity contribution < 1.29 is 9.90 Å². The van der Waals surface area contributed by atoms with E-state index in [9.17, 15) is 9.90 Å². The second-order valence-electron chi connectivity index (χ2n) is 5.62. The maximum atomic E-state index is 11.3. The van der Waals surface area contributed by atoms with Crippen molar-refractivity contribution in [3.05, 3.63) is 16.4 Å². The molecule has 1 aromatic rings. The Balaban J connectivity index is 1.83. The molecule has 2 aliphatic rings. The number of carboxylic acids is 1. The van der Waals surface area contributed by atoms with Crippen molar-refractivity contribution in [2.45, 2.75) is 44.8 Å². The van der Waals surface area contributed by atoms with Gasteiger partial charge in [-0.1, -0.05) is 11.6 Å². The average molecular weight is 284 g/mol. The Morgan fingerprint density at radius 3 is 2.79 bits per heavy atom. The summed E-state index contributed by atoms with van der Waals surface area (Å²) in [5.74, 6) is -0.878. The number of hydrogen-bond acceptors (Lipinski definition) is 3. The first-order valence-corrected chi connectivity index (χ1v) is 7.03. The van der Waals surface area contributed by atoms with Crippen LogP contribution in [0.4, 0.5) is 0 Å². The second-order valence-corrected chi connectivity index (χ2v) is 6.00. The van der Waals surface area contributed by atoms with Gasteiger partial charge in [0.2, 0.25) is 0 Å². The van der Waals surface area contributed by atoms with Crippen molar-refractivity contribution in [3.8, 4) is 0 Å². The molecule has 3 unspecified atom stereocenters. The molecule has 3 atom stereocenters. The van der Waals surface area contributed by atoms with Crippen LogP contribution in [0.2, 0.25) is 5.02 Å². The number of carboxylic acid groups (broad SMARTS) is 1. The minimum atomic E-state index is -0.663. The van der Waals surface area contributed by atoms with Crippen LogP contribution in [0.5, 0.6) is 0 Å². The molecule has 0 radical (unpaired) electrons. The largest absolute Gasteiger partial charge is 0.481 e. The predicted octanol–water partition coefficient (Wildman–Crippen LogP) is 1.82. The smallest absolute Gasteiger partial charge is 0.308 e. The van der Waals surface area contributed by atoms with Crippen LogP contribution in [0.15, 0.2) is 0 Å². The van der Waals surface area contributed by atoms with E-state index >= 15 is 0 Å². The molecule has 3 heterocycles.